The van der Waals surface area contributed by atoms with Gasteiger partial charge in [-0.05, 0) is 24.3 Å². The van der Waals surface area contributed by atoms with Gasteiger partial charge in [0.15, 0.2) is 5.13 Å². The Morgan fingerprint density at radius 1 is 1.29 bits per heavy atom. The van der Waals surface area contributed by atoms with E-state index in [1.54, 1.807) is 11.4 Å². The molecule has 0 saturated heterocycles. The highest BCUT2D eigenvalue weighted by Crippen LogP contribution is 2.19. The van der Waals surface area contributed by atoms with Crippen molar-refractivity contribution in [1.82, 2.24) is 10.3 Å². The second-order valence-electron chi connectivity index (χ2n) is 5.49. The summed E-state index contributed by atoms with van der Waals surface area (Å²) in [6, 6.07) is 3.58. The summed E-state index contributed by atoms with van der Waals surface area (Å²) in [7, 11) is 0. The molecule has 8 heteroatoms. The Labute approximate surface area is 149 Å². The molecule has 130 valence electrons. The Morgan fingerprint density at radius 2 is 2.04 bits per heavy atom. The largest absolute Gasteiger partial charge is 0.349 e. The van der Waals surface area contributed by atoms with Gasteiger partial charge in [-0.2, -0.15) is 0 Å². The number of anilines is 1. The molecule has 0 aromatic carbocycles. The van der Waals surface area contributed by atoms with Crippen LogP contribution in [-0.4, -0.2) is 28.9 Å². The lowest BCUT2D eigenvalue weighted by molar-refractivity contribution is -0.122. The van der Waals surface area contributed by atoms with E-state index < -0.39 is 0 Å². The third kappa shape index (κ3) is 4.62. The summed E-state index contributed by atoms with van der Waals surface area (Å²) in [6.07, 6.45) is 1.74. The average Bonchev–Trinajstić information content (AvgIpc) is 3.25. The van der Waals surface area contributed by atoms with Crippen molar-refractivity contribution in [2.45, 2.75) is 38.6 Å². The SMILES string of the molecule is CCC(CC)(CN)NC(=O)Cc1csc(NC(=O)c2cccs2)n1. The van der Waals surface area contributed by atoms with Crippen LogP contribution in [0.15, 0.2) is 22.9 Å². The lowest BCUT2D eigenvalue weighted by atomic mass is 9.92. The van der Waals surface area contributed by atoms with Crippen LogP contribution >= 0.6 is 22.7 Å². The number of carbonyl (C=O) groups excluding carboxylic acids is 2. The van der Waals surface area contributed by atoms with Crippen LogP contribution in [0.25, 0.3) is 0 Å². The van der Waals surface area contributed by atoms with Crippen LogP contribution in [0, 0.1) is 0 Å². The van der Waals surface area contributed by atoms with Gasteiger partial charge in [0.05, 0.1) is 22.5 Å². The fourth-order valence-electron chi connectivity index (χ4n) is 2.28. The number of amides is 2. The summed E-state index contributed by atoms with van der Waals surface area (Å²) in [4.78, 5) is 29.2. The summed E-state index contributed by atoms with van der Waals surface area (Å²) < 4.78 is 0. The van der Waals surface area contributed by atoms with Crippen LogP contribution in [0.4, 0.5) is 5.13 Å². The molecule has 0 aliphatic rings. The second kappa shape index (κ2) is 8.36. The van der Waals surface area contributed by atoms with Crippen LogP contribution in [0.3, 0.4) is 0 Å². The van der Waals surface area contributed by atoms with Crippen molar-refractivity contribution in [2.75, 3.05) is 11.9 Å². The molecule has 6 nitrogen and oxygen atoms in total. The van der Waals surface area contributed by atoms with E-state index in [4.69, 9.17) is 5.73 Å². The minimum atomic E-state index is -0.358. The Bertz CT molecular complexity index is 670. The first-order chi connectivity index (χ1) is 11.5. The molecular formula is C16H22N4O2S2. The number of carbonyl (C=O) groups is 2. The van der Waals surface area contributed by atoms with Crippen LogP contribution in [-0.2, 0) is 11.2 Å². The average molecular weight is 367 g/mol. The summed E-state index contributed by atoms with van der Waals surface area (Å²) in [5, 5.41) is 9.88. The molecule has 0 fully saturated rings. The van der Waals surface area contributed by atoms with Crippen molar-refractivity contribution in [3.05, 3.63) is 33.5 Å². The van der Waals surface area contributed by atoms with Gasteiger partial charge in [0.2, 0.25) is 5.91 Å². The summed E-state index contributed by atoms with van der Waals surface area (Å²) in [5.74, 6) is -0.292. The van der Waals surface area contributed by atoms with Crippen molar-refractivity contribution < 1.29 is 9.59 Å². The first-order valence-electron chi connectivity index (χ1n) is 7.82. The first-order valence-corrected chi connectivity index (χ1v) is 9.58. The molecule has 2 aromatic rings. The molecule has 0 bridgehead atoms. The maximum absolute atomic E-state index is 12.2. The number of thiophene rings is 1. The highest BCUT2D eigenvalue weighted by Gasteiger charge is 2.26. The predicted octanol–water partition coefficient (Wildman–Crippen LogP) is 2.63. The van der Waals surface area contributed by atoms with Gasteiger partial charge < -0.3 is 11.1 Å². The predicted molar refractivity (Wildman–Crippen MR) is 98.6 cm³/mol. The van der Waals surface area contributed by atoms with E-state index in [-0.39, 0.29) is 23.8 Å². The Hall–Kier alpha value is -1.77. The summed E-state index contributed by atoms with van der Waals surface area (Å²) in [5.41, 5.74) is 6.08. The fourth-order valence-corrected chi connectivity index (χ4v) is 3.61. The van der Waals surface area contributed by atoms with Crippen molar-refractivity contribution >= 4 is 39.6 Å². The number of hydrogen-bond acceptors (Lipinski definition) is 6. The van der Waals surface area contributed by atoms with Gasteiger partial charge in [-0.15, -0.1) is 22.7 Å². The minimum Gasteiger partial charge on any atom is -0.349 e. The Morgan fingerprint density at radius 3 is 2.62 bits per heavy atom. The van der Waals surface area contributed by atoms with E-state index in [0.717, 1.165) is 12.8 Å². The monoisotopic (exact) mass is 366 g/mol. The summed E-state index contributed by atoms with van der Waals surface area (Å²) >= 11 is 2.68. The molecule has 24 heavy (non-hydrogen) atoms. The van der Waals surface area contributed by atoms with Gasteiger partial charge in [-0.25, -0.2) is 4.98 Å². The quantitative estimate of drug-likeness (QED) is 0.669. The molecule has 0 saturated carbocycles. The number of nitrogens with zero attached hydrogens (tertiary/aromatic N) is 1. The normalized spacial score (nSPS) is 11.3. The maximum atomic E-state index is 12.2. The standard InChI is InChI=1S/C16H22N4O2S2/c1-3-16(4-2,10-17)20-13(21)8-11-9-24-15(18-11)19-14(22)12-6-5-7-23-12/h5-7,9H,3-4,8,10,17H2,1-2H3,(H,20,21)(H,18,19,22). The topological polar surface area (TPSA) is 97.1 Å². The number of nitrogens with one attached hydrogen (secondary N) is 2. The molecule has 2 rings (SSSR count). The number of hydrogen-bond donors (Lipinski definition) is 3. The van der Waals surface area contributed by atoms with Crippen molar-refractivity contribution in [3.8, 4) is 0 Å². The molecule has 2 amide bonds. The molecule has 0 radical (unpaired) electrons. The van der Waals surface area contributed by atoms with Crippen LogP contribution < -0.4 is 16.4 Å². The lowest BCUT2D eigenvalue weighted by Gasteiger charge is -2.31. The molecule has 2 aromatic heterocycles. The van der Waals surface area contributed by atoms with Gasteiger partial charge >= 0.3 is 0 Å². The van der Waals surface area contributed by atoms with Crippen LogP contribution in [0.1, 0.15) is 42.1 Å². The molecular weight excluding hydrogens is 344 g/mol. The van der Waals surface area contributed by atoms with Gasteiger partial charge in [-0.1, -0.05) is 19.9 Å². The Kier molecular flexibility index (Phi) is 6.47. The minimum absolute atomic E-state index is 0.106. The molecule has 4 N–H and O–H groups in total. The molecule has 2 heterocycles. The zero-order chi connectivity index (χ0) is 17.6. The van der Waals surface area contributed by atoms with Crippen molar-refractivity contribution in [1.29, 1.82) is 0 Å². The van der Waals surface area contributed by atoms with Gasteiger partial charge in [0.25, 0.3) is 5.91 Å². The van der Waals surface area contributed by atoms with E-state index in [0.29, 0.717) is 22.2 Å². The highest BCUT2D eigenvalue weighted by atomic mass is 32.1. The number of nitrogens with two attached hydrogens (primary N) is 1. The van der Waals surface area contributed by atoms with E-state index >= 15 is 0 Å². The van der Waals surface area contributed by atoms with Gasteiger partial charge in [-0.3, -0.25) is 14.9 Å². The molecule has 0 aliphatic heterocycles. The molecule has 0 aliphatic carbocycles. The maximum Gasteiger partial charge on any atom is 0.267 e. The summed E-state index contributed by atoms with van der Waals surface area (Å²) in [6.45, 7) is 4.43. The third-order valence-corrected chi connectivity index (χ3v) is 5.68. The zero-order valence-electron chi connectivity index (χ0n) is 13.8. The van der Waals surface area contributed by atoms with Crippen LogP contribution in [0.2, 0.25) is 0 Å². The zero-order valence-corrected chi connectivity index (χ0v) is 15.4. The molecule has 0 unspecified atom stereocenters. The first kappa shape index (κ1) is 18.6. The van der Waals surface area contributed by atoms with Gasteiger partial charge in [0.1, 0.15) is 0 Å². The second-order valence-corrected chi connectivity index (χ2v) is 7.30. The van der Waals surface area contributed by atoms with Crippen molar-refractivity contribution in [3.63, 3.8) is 0 Å². The highest BCUT2D eigenvalue weighted by molar-refractivity contribution is 7.14. The Balaban J connectivity index is 1.93. The number of rotatable bonds is 8. The smallest absolute Gasteiger partial charge is 0.267 e. The number of aromatic nitrogens is 1. The fraction of sp³-hybridized carbons (Fsp3) is 0.438. The van der Waals surface area contributed by atoms with E-state index in [1.165, 1.54) is 22.7 Å². The van der Waals surface area contributed by atoms with E-state index in [1.807, 2.05) is 25.3 Å². The van der Waals surface area contributed by atoms with E-state index in [9.17, 15) is 9.59 Å². The van der Waals surface area contributed by atoms with Crippen LogP contribution in [0.5, 0.6) is 0 Å². The molecule has 0 atom stereocenters. The van der Waals surface area contributed by atoms with E-state index in [2.05, 4.69) is 15.6 Å². The van der Waals surface area contributed by atoms with Gasteiger partial charge in [0, 0.05) is 11.9 Å². The van der Waals surface area contributed by atoms with Crippen molar-refractivity contribution in [2.24, 2.45) is 5.73 Å². The molecule has 0 spiro atoms. The third-order valence-electron chi connectivity index (χ3n) is 4.01. The lowest BCUT2D eigenvalue weighted by Crippen LogP contribution is -2.53. The number of thiazole rings is 1.